The maximum Gasteiger partial charge on any atom is 0.256 e. The quantitative estimate of drug-likeness (QED) is 0.379. The van der Waals surface area contributed by atoms with Crippen LogP contribution in [0.1, 0.15) is 13.8 Å². The molecule has 1 amide bonds. The van der Waals surface area contributed by atoms with Crippen LogP contribution in [0.3, 0.4) is 0 Å². The molecule has 0 aromatic rings. The molecule has 0 aromatic carbocycles. The van der Waals surface area contributed by atoms with Gasteiger partial charge in [-0.1, -0.05) is 0 Å². The van der Waals surface area contributed by atoms with E-state index in [4.69, 9.17) is 5.73 Å². The molecule has 0 radical (unpaired) electrons. The van der Waals surface area contributed by atoms with Gasteiger partial charge in [0.1, 0.15) is 5.84 Å². The zero-order valence-corrected chi connectivity index (χ0v) is 8.74. The van der Waals surface area contributed by atoms with Gasteiger partial charge in [-0.25, -0.2) is 0 Å². The first-order valence-corrected chi connectivity index (χ1v) is 4.22. The number of hydrogen-bond donors (Lipinski definition) is 2. The van der Waals surface area contributed by atoms with Crippen LogP contribution in [0.15, 0.2) is 21.8 Å². The van der Waals surface area contributed by atoms with Crippen molar-refractivity contribution < 1.29 is 4.79 Å². The van der Waals surface area contributed by atoms with Crippen molar-refractivity contribution in [3.05, 3.63) is 11.8 Å². The van der Waals surface area contributed by atoms with E-state index in [1.54, 1.807) is 0 Å². The number of carbonyl (C=O) groups is 1. The highest BCUT2D eigenvalue weighted by atomic mass is 16.1. The van der Waals surface area contributed by atoms with E-state index in [9.17, 15) is 4.79 Å². The predicted molar refractivity (Wildman–Crippen MR) is 58.5 cm³/mol. The molecule has 0 aliphatic heterocycles. The van der Waals surface area contributed by atoms with Gasteiger partial charge in [0.15, 0.2) is 0 Å². The molecule has 0 rings (SSSR count). The Morgan fingerprint density at radius 2 is 2.14 bits per heavy atom. The maximum absolute atomic E-state index is 11.5. The van der Waals surface area contributed by atoms with Crippen molar-refractivity contribution in [2.24, 2.45) is 15.7 Å². The Hall–Kier alpha value is -1.65. The summed E-state index contributed by atoms with van der Waals surface area (Å²) in [4.78, 5) is 18.7. The number of rotatable bonds is 4. The summed E-state index contributed by atoms with van der Waals surface area (Å²) in [6, 6.07) is 0.0420. The van der Waals surface area contributed by atoms with Gasteiger partial charge in [0.05, 0.1) is 5.57 Å². The third kappa shape index (κ3) is 3.84. The minimum atomic E-state index is -0.296. The van der Waals surface area contributed by atoms with Gasteiger partial charge in [-0.3, -0.25) is 14.8 Å². The topological polar surface area (TPSA) is 79.8 Å². The minimum Gasteiger partial charge on any atom is -0.383 e. The van der Waals surface area contributed by atoms with Crippen LogP contribution in [0, 0.1) is 0 Å². The fourth-order valence-corrected chi connectivity index (χ4v) is 0.793. The fraction of sp³-hybridized carbons (Fsp3) is 0.444. The van der Waals surface area contributed by atoms with Gasteiger partial charge in [0.2, 0.25) is 0 Å². The summed E-state index contributed by atoms with van der Waals surface area (Å²) in [5.74, 6) is -0.147. The fourth-order valence-electron chi connectivity index (χ4n) is 0.793. The van der Waals surface area contributed by atoms with Crippen LogP contribution in [-0.4, -0.2) is 31.5 Å². The number of amidine groups is 1. The lowest BCUT2D eigenvalue weighted by molar-refractivity contribution is -0.117. The molecule has 0 saturated heterocycles. The van der Waals surface area contributed by atoms with E-state index < -0.39 is 0 Å². The average molecular weight is 196 g/mol. The summed E-state index contributed by atoms with van der Waals surface area (Å²) < 4.78 is 0. The van der Waals surface area contributed by atoms with E-state index in [1.165, 1.54) is 13.2 Å². The molecule has 0 atom stereocenters. The second-order valence-electron chi connectivity index (χ2n) is 2.96. The van der Waals surface area contributed by atoms with E-state index in [-0.39, 0.29) is 23.4 Å². The number of hydrogen-bond acceptors (Lipinski definition) is 3. The first-order valence-electron chi connectivity index (χ1n) is 4.22. The summed E-state index contributed by atoms with van der Waals surface area (Å²) in [5.41, 5.74) is 5.75. The van der Waals surface area contributed by atoms with Crippen LogP contribution in [0.5, 0.6) is 0 Å². The molecule has 0 spiro atoms. The molecular formula is C9H16N4O. The van der Waals surface area contributed by atoms with Crippen molar-refractivity contribution in [2.75, 3.05) is 7.05 Å². The number of nitrogens with zero attached hydrogens (tertiary/aromatic N) is 2. The van der Waals surface area contributed by atoms with E-state index in [2.05, 4.69) is 22.0 Å². The normalized spacial score (nSPS) is 12.9. The smallest absolute Gasteiger partial charge is 0.256 e. The molecule has 0 aliphatic carbocycles. The Morgan fingerprint density at radius 3 is 2.50 bits per heavy atom. The maximum atomic E-state index is 11.5. The summed E-state index contributed by atoms with van der Waals surface area (Å²) in [6.07, 6.45) is 1.29. The third-order valence-electron chi connectivity index (χ3n) is 1.40. The Kier molecular flexibility index (Phi) is 5.21. The van der Waals surface area contributed by atoms with Gasteiger partial charge in [-0.05, 0) is 20.6 Å². The summed E-state index contributed by atoms with van der Waals surface area (Å²) in [6.45, 7) is 6.98. The van der Waals surface area contributed by atoms with E-state index in [1.807, 2.05) is 13.8 Å². The molecule has 5 nitrogen and oxygen atoms in total. The molecule has 0 aliphatic rings. The van der Waals surface area contributed by atoms with Gasteiger partial charge in [-0.2, -0.15) is 0 Å². The van der Waals surface area contributed by atoms with Crippen LogP contribution in [0.25, 0.3) is 0 Å². The Balaban J connectivity index is 4.77. The van der Waals surface area contributed by atoms with Gasteiger partial charge in [0.25, 0.3) is 5.91 Å². The molecule has 5 heteroatoms. The van der Waals surface area contributed by atoms with Gasteiger partial charge >= 0.3 is 0 Å². The van der Waals surface area contributed by atoms with E-state index in [0.29, 0.717) is 0 Å². The first kappa shape index (κ1) is 12.3. The Labute approximate surface area is 83.8 Å². The number of amides is 1. The second-order valence-corrected chi connectivity index (χ2v) is 2.96. The highest BCUT2D eigenvalue weighted by Gasteiger charge is 2.13. The molecule has 78 valence electrons. The molecule has 14 heavy (non-hydrogen) atoms. The minimum absolute atomic E-state index is 0.0420. The molecule has 0 unspecified atom stereocenters. The van der Waals surface area contributed by atoms with Gasteiger partial charge in [-0.15, -0.1) is 0 Å². The van der Waals surface area contributed by atoms with Gasteiger partial charge in [0, 0.05) is 19.3 Å². The Morgan fingerprint density at radius 1 is 1.57 bits per heavy atom. The second kappa shape index (κ2) is 5.90. The summed E-state index contributed by atoms with van der Waals surface area (Å²) >= 11 is 0. The lowest BCUT2D eigenvalue weighted by Gasteiger charge is -2.09. The van der Waals surface area contributed by atoms with Crippen molar-refractivity contribution in [3.8, 4) is 0 Å². The van der Waals surface area contributed by atoms with Gasteiger partial charge < -0.3 is 11.1 Å². The van der Waals surface area contributed by atoms with E-state index in [0.717, 1.165) is 0 Å². The SMILES string of the molecule is C=N/C=C(/C(=O)NC(C)C)C(N)=NC. The molecule has 0 bridgehead atoms. The average Bonchev–Trinajstić information content (AvgIpc) is 2.11. The zero-order valence-electron chi connectivity index (χ0n) is 8.74. The van der Waals surface area contributed by atoms with Crippen molar-refractivity contribution in [3.63, 3.8) is 0 Å². The molecule has 0 aromatic heterocycles. The number of nitrogens with one attached hydrogen (secondary N) is 1. The largest absolute Gasteiger partial charge is 0.383 e. The zero-order chi connectivity index (χ0) is 11.1. The molecule has 3 N–H and O–H groups in total. The standard InChI is InChI=1S/C9H16N4O/c1-6(2)13-9(14)7(5-11-3)8(10)12-4/h5-6H,3H2,1-2,4H3,(H2,10,12)(H,13,14)/b7-5+. The molecule has 0 heterocycles. The number of carbonyl (C=O) groups excluding carboxylic acids is 1. The van der Waals surface area contributed by atoms with E-state index >= 15 is 0 Å². The Bertz CT molecular complexity index is 279. The number of aliphatic imine (C=N–C) groups is 2. The lowest BCUT2D eigenvalue weighted by Crippen LogP contribution is -2.35. The van der Waals surface area contributed by atoms with Crippen LogP contribution in [0.2, 0.25) is 0 Å². The molecular weight excluding hydrogens is 180 g/mol. The van der Waals surface area contributed by atoms with Crippen molar-refractivity contribution in [2.45, 2.75) is 19.9 Å². The van der Waals surface area contributed by atoms with Crippen LogP contribution in [0.4, 0.5) is 0 Å². The first-order chi connectivity index (χ1) is 6.52. The monoisotopic (exact) mass is 196 g/mol. The van der Waals surface area contributed by atoms with Crippen molar-refractivity contribution in [1.29, 1.82) is 0 Å². The highest BCUT2D eigenvalue weighted by molar-refractivity contribution is 6.20. The molecule has 0 fully saturated rings. The highest BCUT2D eigenvalue weighted by Crippen LogP contribution is 1.96. The van der Waals surface area contributed by atoms with Crippen LogP contribution >= 0.6 is 0 Å². The van der Waals surface area contributed by atoms with Crippen molar-refractivity contribution in [1.82, 2.24) is 5.32 Å². The van der Waals surface area contributed by atoms with Crippen LogP contribution in [-0.2, 0) is 4.79 Å². The molecule has 0 saturated carbocycles. The van der Waals surface area contributed by atoms with Crippen molar-refractivity contribution >= 4 is 18.5 Å². The third-order valence-corrected chi connectivity index (χ3v) is 1.40. The number of nitrogens with two attached hydrogens (primary N) is 1. The summed E-state index contributed by atoms with van der Waals surface area (Å²) in [7, 11) is 1.51. The predicted octanol–water partition coefficient (Wildman–Crippen LogP) is 0.0825. The van der Waals surface area contributed by atoms with Crippen LogP contribution < -0.4 is 11.1 Å². The lowest BCUT2D eigenvalue weighted by atomic mass is 10.2. The summed E-state index contributed by atoms with van der Waals surface area (Å²) in [5, 5.41) is 2.69.